The summed E-state index contributed by atoms with van der Waals surface area (Å²) in [5.74, 6) is 0. The first-order chi connectivity index (χ1) is 9.70. The molecule has 2 aliphatic heterocycles. The van der Waals surface area contributed by atoms with E-state index < -0.39 is 30.0 Å². The fraction of sp³-hybridized carbons (Fsp3) is 0.571. The summed E-state index contributed by atoms with van der Waals surface area (Å²) in [5.41, 5.74) is 0.436. The monoisotopic (exact) mass is 298 g/mol. The first kappa shape index (κ1) is 14.3. The van der Waals surface area contributed by atoms with Crippen molar-refractivity contribution in [2.45, 2.75) is 36.1 Å². The second kappa shape index (κ2) is 6.01. The summed E-state index contributed by atoms with van der Waals surface area (Å²) in [7, 11) is 0. The van der Waals surface area contributed by atoms with E-state index in [2.05, 4.69) is 0 Å². The summed E-state index contributed by atoms with van der Waals surface area (Å²) in [4.78, 5) is 0. The fourth-order valence-electron chi connectivity index (χ4n) is 2.55. The number of aliphatic hydroxyl groups excluding tert-OH is 2. The van der Waals surface area contributed by atoms with Crippen molar-refractivity contribution in [3.63, 3.8) is 0 Å². The maximum atomic E-state index is 10.2. The van der Waals surface area contributed by atoms with Gasteiger partial charge in [-0.15, -0.1) is 11.8 Å². The molecule has 0 radical (unpaired) electrons. The van der Waals surface area contributed by atoms with Crippen LogP contribution in [0.4, 0.5) is 0 Å². The number of hydrogen-bond acceptors (Lipinski definition) is 6. The van der Waals surface area contributed by atoms with Crippen molar-refractivity contribution in [2.24, 2.45) is 0 Å². The minimum atomic E-state index is -0.971. The molecule has 6 heteroatoms. The molecule has 2 aliphatic rings. The molecule has 1 aromatic rings. The molecule has 5 nitrogen and oxygen atoms in total. The Kier molecular flexibility index (Phi) is 4.30. The maximum absolute atomic E-state index is 10.2. The maximum Gasteiger partial charge on any atom is 0.184 e. The molecular weight excluding hydrogens is 280 g/mol. The van der Waals surface area contributed by atoms with E-state index in [-0.39, 0.29) is 6.10 Å². The number of hydrogen-bond donors (Lipinski definition) is 2. The summed E-state index contributed by atoms with van der Waals surface area (Å²) in [5, 5.41) is 20.2. The van der Waals surface area contributed by atoms with E-state index in [1.165, 1.54) is 11.8 Å². The third-order valence-corrected chi connectivity index (χ3v) is 4.49. The zero-order chi connectivity index (χ0) is 14.1. The second-order valence-electron chi connectivity index (χ2n) is 4.94. The highest BCUT2D eigenvalue weighted by Crippen LogP contribution is 2.35. The van der Waals surface area contributed by atoms with Crippen LogP contribution in [0.1, 0.15) is 11.9 Å². The molecule has 0 spiro atoms. The van der Waals surface area contributed by atoms with Gasteiger partial charge in [0.25, 0.3) is 0 Å². The fourth-order valence-corrected chi connectivity index (χ4v) is 3.25. The first-order valence-corrected chi connectivity index (χ1v) is 7.86. The van der Waals surface area contributed by atoms with Crippen LogP contribution >= 0.6 is 11.8 Å². The normalized spacial score (nSPS) is 41.1. The van der Waals surface area contributed by atoms with Crippen molar-refractivity contribution in [1.82, 2.24) is 0 Å². The van der Waals surface area contributed by atoms with Gasteiger partial charge in [0.1, 0.15) is 29.9 Å². The first-order valence-electron chi connectivity index (χ1n) is 6.57. The van der Waals surface area contributed by atoms with Gasteiger partial charge in [0, 0.05) is 5.56 Å². The molecule has 0 amide bonds. The molecule has 0 aromatic heterocycles. The Morgan fingerprint density at radius 1 is 1.10 bits per heavy atom. The Morgan fingerprint density at radius 2 is 1.85 bits per heavy atom. The van der Waals surface area contributed by atoms with E-state index in [9.17, 15) is 10.2 Å². The van der Waals surface area contributed by atoms with Gasteiger partial charge in [-0.05, 0) is 6.26 Å². The van der Waals surface area contributed by atoms with Crippen molar-refractivity contribution < 1.29 is 24.4 Å². The highest BCUT2D eigenvalue weighted by molar-refractivity contribution is 7.99. The number of aliphatic hydroxyl groups is 2. The van der Waals surface area contributed by atoms with Crippen LogP contribution in [-0.2, 0) is 14.2 Å². The average Bonchev–Trinajstić information content (AvgIpc) is 2.51. The average molecular weight is 298 g/mol. The van der Waals surface area contributed by atoms with E-state index in [1.807, 2.05) is 36.6 Å². The van der Waals surface area contributed by atoms with E-state index >= 15 is 0 Å². The van der Waals surface area contributed by atoms with Crippen molar-refractivity contribution in [3.8, 4) is 0 Å². The zero-order valence-corrected chi connectivity index (χ0v) is 11.9. The molecule has 2 fully saturated rings. The van der Waals surface area contributed by atoms with Crippen LogP contribution in [0.5, 0.6) is 0 Å². The highest BCUT2D eigenvalue weighted by atomic mass is 32.2. The molecule has 110 valence electrons. The molecule has 20 heavy (non-hydrogen) atoms. The zero-order valence-electron chi connectivity index (χ0n) is 11.1. The molecule has 0 aliphatic carbocycles. The van der Waals surface area contributed by atoms with Crippen molar-refractivity contribution in [2.75, 3.05) is 12.9 Å². The number of benzene rings is 1. The molecule has 1 aromatic carbocycles. The lowest BCUT2D eigenvalue weighted by Crippen LogP contribution is -2.60. The third-order valence-electron chi connectivity index (χ3n) is 3.64. The molecular formula is C14H18O5S. The number of thioether (sulfide) groups is 1. The predicted molar refractivity (Wildman–Crippen MR) is 74.2 cm³/mol. The third kappa shape index (κ3) is 2.59. The smallest absolute Gasteiger partial charge is 0.184 e. The molecule has 0 bridgehead atoms. The van der Waals surface area contributed by atoms with Crippen LogP contribution in [0.3, 0.4) is 0 Å². The van der Waals surface area contributed by atoms with Crippen LogP contribution in [0.15, 0.2) is 30.3 Å². The number of fused-ring (bicyclic) bond motifs is 1. The Labute approximate surface area is 121 Å². The van der Waals surface area contributed by atoms with E-state index in [4.69, 9.17) is 14.2 Å². The van der Waals surface area contributed by atoms with Crippen molar-refractivity contribution in [1.29, 1.82) is 0 Å². The van der Waals surface area contributed by atoms with Crippen molar-refractivity contribution >= 4 is 11.8 Å². The highest BCUT2D eigenvalue weighted by Gasteiger charge is 2.48. The minimum Gasteiger partial charge on any atom is -0.387 e. The minimum absolute atomic E-state index is 0.338. The van der Waals surface area contributed by atoms with Gasteiger partial charge in [0.2, 0.25) is 0 Å². The van der Waals surface area contributed by atoms with Gasteiger partial charge in [-0.2, -0.15) is 0 Å². The van der Waals surface area contributed by atoms with Gasteiger partial charge >= 0.3 is 0 Å². The molecule has 3 rings (SSSR count). The summed E-state index contributed by atoms with van der Waals surface area (Å²) in [6.07, 6.45) is -1.56. The summed E-state index contributed by atoms with van der Waals surface area (Å²) >= 11 is 1.37. The van der Waals surface area contributed by atoms with Crippen LogP contribution in [0.2, 0.25) is 0 Å². The van der Waals surface area contributed by atoms with Gasteiger partial charge in [0.05, 0.1) is 6.61 Å². The molecule has 2 saturated heterocycles. The Bertz CT molecular complexity index is 440. The summed E-state index contributed by atoms with van der Waals surface area (Å²) in [6, 6.07) is 9.53. The van der Waals surface area contributed by atoms with Crippen LogP contribution in [0.25, 0.3) is 0 Å². The van der Waals surface area contributed by atoms with Gasteiger partial charge in [0.15, 0.2) is 6.29 Å². The van der Waals surface area contributed by atoms with E-state index in [0.29, 0.717) is 6.61 Å². The molecule has 0 saturated carbocycles. The van der Waals surface area contributed by atoms with E-state index in [1.54, 1.807) is 0 Å². The largest absolute Gasteiger partial charge is 0.387 e. The van der Waals surface area contributed by atoms with Crippen molar-refractivity contribution in [3.05, 3.63) is 35.9 Å². The molecule has 2 N–H and O–H groups in total. The molecule has 6 atom stereocenters. The molecule has 0 unspecified atom stereocenters. The van der Waals surface area contributed by atoms with Gasteiger partial charge < -0.3 is 24.4 Å². The van der Waals surface area contributed by atoms with Crippen LogP contribution < -0.4 is 0 Å². The number of ether oxygens (including phenoxy) is 3. The Hall–Kier alpha value is -0.630. The molecule has 2 heterocycles. The Balaban J connectivity index is 1.74. The quantitative estimate of drug-likeness (QED) is 0.846. The summed E-state index contributed by atoms with van der Waals surface area (Å²) in [6.45, 7) is 0.338. The van der Waals surface area contributed by atoms with Gasteiger partial charge in [-0.1, -0.05) is 30.3 Å². The second-order valence-corrected chi connectivity index (χ2v) is 5.87. The van der Waals surface area contributed by atoms with Crippen LogP contribution in [-0.4, -0.2) is 52.9 Å². The topological polar surface area (TPSA) is 68.2 Å². The number of rotatable bonds is 2. The lowest BCUT2D eigenvalue weighted by Gasteiger charge is -2.46. The van der Waals surface area contributed by atoms with E-state index in [0.717, 1.165) is 5.56 Å². The Morgan fingerprint density at radius 3 is 2.55 bits per heavy atom. The van der Waals surface area contributed by atoms with Gasteiger partial charge in [-0.3, -0.25) is 0 Å². The predicted octanol–water partition coefficient (Wildman–Crippen LogP) is 0.910. The van der Waals surface area contributed by atoms with Gasteiger partial charge in [-0.25, -0.2) is 0 Å². The summed E-state index contributed by atoms with van der Waals surface area (Å²) < 4.78 is 17.2. The SMILES string of the molecule is CS[C@H]1O[C@@H]2CO[C@@H](c3ccccc3)O[C@H]2[C@H](O)[C@@H]1O. The van der Waals surface area contributed by atoms with Crippen LogP contribution in [0, 0.1) is 0 Å². The lowest BCUT2D eigenvalue weighted by molar-refractivity contribution is -0.318. The standard InChI is InChI=1S/C14H18O5S/c1-20-14-11(16)10(15)12-9(18-14)7-17-13(19-12)8-5-3-2-4-6-8/h2-6,9-16H,7H2,1H3/t9-,10-,11+,12-,13-,14-/m1/s1. The lowest BCUT2D eigenvalue weighted by atomic mass is 9.99.